The van der Waals surface area contributed by atoms with Crippen LogP contribution in [0.5, 0.6) is 5.75 Å². The van der Waals surface area contributed by atoms with Crippen molar-refractivity contribution >= 4 is 29.2 Å². The van der Waals surface area contributed by atoms with E-state index in [0.29, 0.717) is 28.3 Å². The number of nitrogens with one attached hydrogen (secondary N) is 1. The van der Waals surface area contributed by atoms with Gasteiger partial charge >= 0.3 is 11.9 Å². The molecule has 2 aliphatic heterocycles. The van der Waals surface area contributed by atoms with Crippen LogP contribution in [0.2, 0.25) is 0 Å². The Morgan fingerprint density at radius 3 is 2.49 bits per heavy atom. The summed E-state index contributed by atoms with van der Waals surface area (Å²) < 4.78 is 15.6. The molecule has 10 heteroatoms. The van der Waals surface area contributed by atoms with Gasteiger partial charge in [-0.15, -0.1) is 0 Å². The zero-order chi connectivity index (χ0) is 25.3. The van der Waals surface area contributed by atoms with Gasteiger partial charge in [0.05, 0.1) is 48.7 Å². The first kappa shape index (κ1) is 23.4. The molecule has 2 aromatic rings. The molecule has 2 aliphatic rings. The van der Waals surface area contributed by atoms with E-state index in [1.165, 1.54) is 19.1 Å². The SMILES string of the molecule is COC(=O)C1=C(C(=O)OC)N(c2cc(C)c3c(c2)NC(=O)CO3)C(N)=C(C#N)C1c1ccccc1. The van der Waals surface area contributed by atoms with Gasteiger partial charge in [0.15, 0.2) is 6.61 Å². The molecule has 0 saturated heterocycles. The molecule has 0 fully saturated rings. The molecule has 0 saturated carbocycles. The Labute approximate surface area is 201 Å². The Hall–Kier alpha value is -4.78. The van der Waals surface area contributed by atoms with E-state index in [9.17, 15) is 19.6 Å². The fourth-order valence-electron chi connectivity index (χ4n) is 4.27. The zero-order valence-corrected chi connectivity index (χ0v) is 19.2. The summed E-state index contributed by atoms with van der Waals surface area (Å²) in [5.74, 6) is -2.61. The molecular formula is C25H22N4O6. The zero-order valence-electron chi connectivity index (χ0n) is 19.2. The number of rotatable bonds is 4. The number of ether oxygens (including phenoxy) is 3. The first-order valence-electron chi connectivity index (χ1n) is 10.5. The third kappa shape index (κ3) is 3.93. The molecule has 1 unspecified atom stereocenters. The van der Waals surface area contributed by atoms with E-state index in [0.717, 1.165) is 0 Å². The van der Waals surface area contributed by atoms with Gasteiger partial charge in [-0.2, -0.15) is 5.26 Å². The molecule has 35 heavy (non-hydrogen) atoms. The van der Waals surface area contributed by atoms with Gasteiger partial charge in [-0.1, -0.05) is 30.3 Å². The normalized spacial score (nSPS) is 17.1. The summed E-state index contributed by atoms with van der Waals surface area (Å²) in [4.78, 5) is 39.4. The molecule has 10 nitrogen and oxygen atoms in total. The van der Waals surface area contributed by atoms with Crippen molar-refractivity contribution in [2.45, 2.75) is 12.8 Å². The lowest BCUT2D eigenvalue weighted by Crippen LogP contribution is -2.41. The third-order valence-electron chi connectivity index (χ3n) is 5.75. The highest BCUT2D eigenvalue weighted by Gasteiger charge is 2.43. The van der Waals surface area contributed by atoms with Gasteiger partial charge in [-0.3, -0.25) is 9.69 Å². The Bertz CT molecular complexity index is 1340. The van der Waals surface area contributed by atoms with Crippen molar-refractivity contribution in [2.24, 2.45) is 5.73 Å². The standard InChI is InChI=1S/C25H22N4O6/c1-13-9-15(10-17-22(13)35-12-18(30)28-17)29-21(25(32)34-3)20(24(31)33-2)19(16(11-26)23(29)27)14-7-5-4-6-8-14/h4-10,19H,12,27H2,1-3H3,(H,28,30). The van der Waals surface area contributed by atoms with Gasteiger partial charge in [-0.25, -0.2) is 9.59 Å². The number of nitriles is 1. The van der Waals surface area contributed by atoms with Gasteiger partial charge in [0.1, 0.15) is 17.3 Å². The number of esters is 2. The number of nitrogens with two attached hydrogens (primary N) is 1. The van der Waals surface area contributed by atoms with Gasteiger partial charge < -0.3 is 25.3 Å². The number of fused-ring (bicyclic) bond motifs is 1. The molecule has 1 amide bonds. The summed E-state index contributed by atoms with van der Waals surface area (Å²) in [5.41, 5.74) is 8.11. The minimum absolute atomic E-state index is 0.0416. The van der Waals surface area contributed by atoms with Crippen LogP contribution in [0.4, 0.5) is 11.4 Å². The van der Waals surface area contributed by atoms with E-state index >= 15 is 0 Å². The minimum atomic E-state index is -0.972. The van der Waals surface area contributed by atoms with Crippen LogP contribution in [0.3, 0.4) is 0 Å². The number of methoxy groups -OCH3 is 2. The summed E-state index contributed by atoms with van der Waals surface area (Å²) in [5, 5.41) is 12.8. The second kappa shape index (κ2) is 9.23. The average Bonchev–Trinajstić information content (AvgIpc) is 2.87. The highest BCUT2D eigenvalue weighted by Crippen LogP contribution is 2.45. The molecule has 0 spiro atoms. The number of aryl methyl sites for hydroxylation is 1. The molecule has 0 radical (unpaired) electrons. The highest BCUT2D eigenvalue weighted by molar-refractivity contribution is 6.07. The third-order valence-corrected chi connectivity index (χ3v) is 5.75. The summed E-state index contributed by atoms with van der Waals surface area (Å²) in [6.07, 6.45) is 0. The fraction of sp³-hybridized carbons (Fsp3) is 0.200. The van der Waals surface area contributed by atoms with Gasteiger partial charge in [0, 0.05) is 0 Å². The van der Waals surface area contributed by atoms with Crippen LogP contribution in [0, 0.1) is 18.3 Å². The van der Waals surface area contributed by atoms with Crippen LogP contribution in [-0.2, 0) is 23.9 Å². The van der Waals surface area contributed by atoms with E-state index < -0.39 is 17.9 Å². The number of carbonyl (C=O) groups excluding carboxylic acids is 3. The number of hydrogen-bond donors (Lipinski definition) is 2. The van der Waals surface area contributed by atoms with E-state index in [2.05, 4.69) is 11.4 Å². The van der Waals surface area contributed by atoms with E-state index in [4.69, 9.17) is 19.9 Å². The second-order valence-corrected chi connectivity index (χ2v) is 7.81. The van der Waals surface area contributed by atoms with E-state index in [1.807, 2.05) is 0 Å². The number of nitrogens with zero attached hydrogens (tertiary/aromatic N) is 2. The number of carbonyl (C=O) groups is 3. The Morgan fingerprint density at radius 1 is 1.17 bits per heavy atom. The molecule has 2 heterocycles. The molecule has 0 aromatic heterocycles. The maximum Gasteiger partial charge on any atom is 0.355 e. The predicted molar refractivity (Wildman–Crippen MR) is 125 cm³/mol. The number of anilines is 2. The molecular weight excluding hydrogens is 452 g/mol. The van der Waals surface area contributed by atoms with Crippen molar-refractivity contribution in [3.05, 3.63) is 76.3 Å². The highest BCUT2D eigenvalue weighted by atomic mass is 16.5. The van der Waals surface area contributed by atoms with Crippen molar-refractivity contribution in [3.8, 4) is 11.8 Å². The van der Waals surface area contributed by atoms with Crippen molar-refractivity contribution < 1.29 is 28.6 Å². The lowest BCUT2D eigenvalue weighted by atomic mass is 9.81. The fourth-order valence-corrected chi connectivity index (χ4v) is 4.27. The monoisotopic (exact) mass is 474 g/mol. The van der Waals surface area contributed by atoms with E-state index in [1.54, 1.807) is 49.4 Å². The summed E-state index contributed by atoms with van der Waals surface area (Å²) in [6.45, 7) is 1.63. The predicted octanol–water partition coefficient (Wildman–Crippen LogP) is 2.22. The molecule has 0 bridgehead atoms. The lowest BCUT2D eigenvalue weighted by Gasteiger charge is -2.36. The van der Waals surface area contributed by atoms with Gasteiger partial charge in [0.25, 0.3) is 5.91 Å². The Balaban J connectivity index is 2.04. The first-order valence-corrected chi connectivity index (χ1v) is 10.5. The quantitative estimate of drug-likeness (QED) is 0.637. The van der Waals surface area contributed by atoms with Crippen molar-refractivity contribution in [1.82, 2.24) is 0 Å². The molecule has 178 valence electrons. The van der Waals surface area contributed by atoms with E-state index in [-0.39, 0.29) is 35.2 Å². The Kier molecular flexibility index (Phi) is 6.16. The second-order valence-electron chi connectivity index (χ2n) is 7.81. The van der Waals surface area contributed by atoms with Crippen molar-refractivity contribution in [2.75, 3.05) is 31.0 Å². The Morgan fingerprint density at radius 2 is 1.86 bits per heavy atom. The van der Waals surface area contributed by atoms with Crippen LogP contribution in [0.25, 0.3) is 0 Å². The van der Waals surface area contributed by atoms with Crippen LogP contribution in [0.1, 0.15) is 17.0 Å². The summed E-state index contributed by atoms with van der Waals surface area (Å²) in [7, 11) is 2.35. The molecule has 0 aliphatic carbocycles. The number of allylic oxidation sites excluding steroid dienone is 1. The number of benzene rings is 2. The van der Waals surface area contributed by atoms with Crippen molar-refractivity contribution in [3.63, 3.8) is 0 Å². The smallest absolute Gasteiger partial charge is 0.355 e. The summed E-state index contributed by atoms with van der Waals surface area (Å²) in [6, 6.07) is 14.0. The first-order chi connectivity index (χ1) is 16.8. The van der Waals surface area contributed by atoms with Gasteiger partial charge in [-0.05, 0) is 30.2 Å². The summed E-state index contributed by atoms with van der Waals surface area (Å²) >= 11 is 0. The van der Waals surface area contributed by atoms with Crippen LogP contribution in [0.15, 0.2) is 65.1 Å². The lowest BCUT2D eigenvalue weighted by molar-refractivity contribution is -0.139. The maximum atomic E-state index is 13.1. The minimum Gasteiger partial charge on any atom is -0.481 e. The van der Waals surface area contributed by atoms with Crippen LogP contribution < -0.4 is 20.7 Å². The van der Waals surface area contributed by atoms with Gasteiger partial charge in [0.2, 0.25) is 0 Å². The number of hydrogen-bond acceptors (Lipinski definition) is 9. The maximum absolute atomic E-state index is 13.1. The van der Waals surface area contributed by atoms with Crippen molar-refractivity contribution in [1.29, 1.82) is 5.26 Å². The molecule has 3 N–H and O–H groups in total. The molecule has 4 rings (SSSR count). The molecule has 1 atom stereocenters. The average molecular weight is 474 g/mol. The van der Waals surface area contributed by atoms with Crippen LogP contribution in [-0.4, -0.2) is 38.7 Å². The van der Waals surface area contributed by atoms with Crippen LogP contribution >= 0.6 is 0 Å². The number of amides is 1. The topological polar surface area (TPSA) is 144 Å². The molecule has 2 aromatic carbocycles. The largest absolute Gasteiger partial charge is 0.481 e.